The molecule has 33 heavy (non-hydrogen) atoms. The van der Waals surface area contributed by atoms with Crippen molar-refractivity contribution in [3.63, 3.8) is 0 Å². The fraction of sp³-hybridized carbons (Fsp3) is 0.478. The van der Waals surface area contributed by atoms with Crippen molar-refractivity contribution in [3.8, 4) is 0 Å². The summed E-state index contributed by atoms with van der Waals surface area (Å²) >= 11 is 0. The van der Waals surface area contributed by atoms with Crippen LogP contribution in [0.4, 0.5) is 0 Å². The minimum absolute atomic E-state index is 0.0425. The van der Waals surface area contributed by atoms with E-state index in [1.54, 1.807) is 11.0 Å². The first kappa shape index (κ1) is 23.3. The lowest BCUT2D eigenvalue weighted by atomic mass is 10.2. The van der Waals surface area contributed by atoms with E-state index in [4.69, 9.17) is 8.83 Å². The summed E-state index contributed by atoms with van der Waals surface area (Å²) in [4.78, 5) is 27.2. The molecule has 4 rings (SSSR count). The number of hydrogen-bond acceptors (Lipinski definition) is 6. The Bertz CT molecular complexity index is 1310. The van der Waals surface area contributed by atoms with Gasteiger partial charge in [-0.15, -0.1) is 0 Å². The third-order valence-corrected chi connectivity index (χ3v) is 7.85. The number of hydrogen-bond donors (Lipinski definition) is 0. The van der Waals surface area contributed by atoms with E-state index in [1.165, 1.54) is 21.0 Å². The molecule has 2 aromatic heterocycles. The Hall–Kier alpha value is -2.85. The molecule has 0 atom stereocenters. The predicted molar refractivity (Wildman–Crippen MR) is 122 cm³/mol. The first-order valence-corrected chi connectivity index (χ1v) is 12.6. The molecule has 1 saturated heterocycles. The van der Waals surface area contributed by atoms with Crippen LogP contribution in [0, 0.1) is 6.92 Å². The fourth-order valence-corrected chi connectivity index (χ4v) is 5.68. The number of benzene rings is 1. The number of rotatable bonds is 8. The summed E-state index contributed by atoms with van der Waals surface area (Å²) in [6, 6.07) is 8.11. The summed E-state index contributed by atoms with van der Waals surface area (Å²) in [6.45, 7) is 7.18. The van der Waals surface area contributed by atoms with E-state index < -0.39 is 15.8 Å². The van der Waals surface area contributed by atoms with E-state index in [-0.39, 0.29) is 35.4 Å². The standard InChI is InChI=1S/C23H29N3O6S/c1-16(2)26(15-18-7-6-17(3)31-18)22(27)10-13-25-20-9-8-19(14-21(20)32-23(25)28)33(29,30)24-11-4-5-12-24/h6-9,14,16H,4-5,10-13,15H2,1-3H3. The van der Waals surface area contributed by atoms with Crippen molar-refractivity contribution in [3.05, 3.63) is 52.4 Å². The van der Waals surface area contributed by atoms with Gasteiger partial charge in [0.1, 0.15) is 11.5 Å². The average molecular weight is 476 g/mol. The molecule has 10 heteroatoms. The molecular weight excluding hydrogens is 446 g/mol. The zero-order chi connectivity index (χ0) is 23.8. The zero-order valence-electron chi connectivity index (χ0n) is 19.1. The van der Waals surface area contributed by atoms with E-state index in [1.807, 2.05) is 32.9 Å². The van der Waals surface area contributed by atoms with Gasteiger partial charge in [-0.2, -0.15) is 4.31 Å². The molecule has 0 bridgehead atoms. The lowest BCUT2D eigenvalue weighted by Crippen LogP contribution is -2.37. The maximum Gasteiger partial charge on any atom is 0.419 e. The number of furan rings is 1. The van der Waals surface area contributed by atoms with Crippen LogP contribution in [0.1, 0.15) is 44.6 Å². The number of nitrogens with zero attached hydrogens (tertiary/aromatic N) is 3. The number of carbonyl (C=O) groups excluding carboxylic acids is 1. The van der Waals surface area contributed by atoms with Crippen LogP contribution >= 0.6 is 0 Å². The Morgan fingerprint density at radius 1 is 1.12 bits per heavy atom. The van der Waals surface area contributed by atoms with E-state index in [2.05, 4.69) is 0 Å². The Balaban J connectivity index is 1.52. The molecule has 1 aliphatic rings. The van der Waals surface area contributed by atoms with Crippen molar-refractivity contribution in [1.82, 2.24) is 13.8 Å². The zero-order valence-corrected chi connectivity index (χ0v) is 19.9. The number of sulfonamides is 1. The molecule has 0 saturated carbocycles. The molecule has 178 valence electrons. The molecule has 0 N–H and O–H groups in total. The number of aryl methyl sites for hydroxylation is 2. The first-order chi connectivity index (χ1) is 15.7. The molecule has 1 aliphatic heterocycles. The molecule has 0 unspecified atom stereocenters. The van der Waals surface area contributed by atoms with Gasteiger partial charge in [-0.25, -0.2) is 13.2 Å². The normalized spacial score (nSPS) is 15.0. The largest absolute Gasteiger partial charge is 0.464 e. The van der Waals surface area contributed by atoms with Crippen LogP contribution in [0.5, 0.6) is 0 Å². The molecule has 1 amide bonds. The van der Waals surface area contributed by atoms with Gasteiger partial charge < -0.3 is 13.7 Å². The summed E-state index contributed by atoms with van der Waals surface area (Å²) < 4.78 is 39.4. The van der Waals surface area contributed by atoms with Crippen LogP contribution < -0.4 is 5.76 Å². The summed E-state index contributed by atoms with van der Waals surface area (Å²) in [7, 11) is -3.62. The van der Waals surface area contributed by atoms with Gasteiger partial charge in [0.25, 0.3) is 0 Å². The predicted octanol–water partition coefficient (Wildman–Crippen LogP) is 3.11. The monoisotopic (exact) mass is 475 g/mol. The van der Waals surface area contributed by atoms with Gasteiger partial charge in [0.15, 0.2) is 5.58 Å². The molecular formula is C23H29N3O6S. The Kier molecular flexibility index (Phi) is 6.49. The third-order valence-electron chi connectivity index (χ3n) is 5.96. The number of oxazole rings is 1. The van der Waals surface area contributed by atoms with E-state index in [0.29, 0.717) is 30.9 Å². The fourth-order valence-electron chi connectivity index (χ4n) is 4.14. The van der Waals surface area contributed by atoms with Gasteiger partial charge in [0.05, 0.1) is 17.0 Å². The Morgan fingerprint density at radius 2 is 1.85 bits per heavy atom. The third kappa shape index (κ3) is 4.77. The average Bonchev–Trinajstić information content (AvgIpc) is 3.50. The SMILES string of the molecule is Cc1ccc(CN(C(=O)CCn2c(=O)oc3cc(S(=O)(=O)N4CCCC4)ccc32)C(C)C)o1. The molecule has 1 fully saturated rings. The van der Waals surface area contributed by atoms with E-state index in [9.17, 15) is 18.0 Å². The molecule has 3 aromatic rings. The Morgan fingerprint density at radius 3 is 2.48 bits per heavy atom. The second-order valence-corrected chi connectivity index (χ2v) is 10.6. The molecule has 0 radical (unpaired) electrons. The summed E-state index contributed by atoms with van der Waals surface area (Å²) in [6.07, 6.45) is 1.78. The molecule has 0 spiro atoms. The molecule has 9 nitrogen and oxygen atoms in total. The smallest absolute Gasteiger partial charge is 0.419 e. The topological polar surface area (TPSA) is 106 Å². The van der Waals surface area contributed by atoms with E-state index >= 15 is 0 Å². The molecule has 1 aromatic carbocycles. The number of carbonyl (C=O) groups is 1. The minimum Gasteiger partial charge on any atom is -0.464 e. The summed E-state index contributed by atoms with van der Waals surface area (Å²) in [5.74, 6) is 0.746. The maximum atomic E-state index is 12.9. The maximum absolute atomic E-state index is 12.9. The van der Waals surface area contributed by atoms with Gasteiger partial charge in [0, 0.05) is 38.2 Å². The van der Waals surface area contributed by atoms with Crippen LogP contribution in [0.3, 0.4) is 0 Å². The summed E-state index contributed by atoms with van der Waals surface area (Å²) in [5, 5.41) is 0. The van der Waals surface area contributed by atoms with Crippen LogP contribution in [-0.2, 0) is 27.9 Å². The van der Waals surface area contributed by atoms with Crippen molar-refractivity contribution in [2.75, 3.05) is 13.1 Å². The van der Waals surface area contributed by atoms with Crippen molar-refractivity contribution in [2.24, 2.45) is 0 Å². The minimum atomic E-state index is -3.62. The van der Waals surface area contributed by atoms with Gasteiger partial charge >= 0.3 is 5.76 Å². The Labute approximate surface area is 192 Å². The molecule has 3 heterocycles. The lowest BCUT2D eigenvalue weighted by Gasteiger charge is -2.26. The molecule has 0 aliphatic carbocycles. The van der Waals surface area contributed by atoms with Crippen LogP contribution in [0.2, 0.25) is 0 Å². The van der Waals surface area contributed by atoms with Crippen molar-refractivity contribution in [2.45, 2.75) is 64.1 Å². The number of fused-ring (bicyclic) bond motifs is 1. The number of aromatic nitrogens is 1. The van der Waals surface area contributed by atoms with Gasteiger partial charge in [0.2, 0.25) is 15.9 Å². The number of amides is 1. The highest BCUT2D eigenvalue weighted by atomic mass is 32.2. The van der Waals surface area contributed by atoms with Crippen LogP contribution in [-0.4, -0.2) is 47.2 Å². The highest BCUT2D eigenvalue weighted by molar-refractivity contribution is 7.89. The van der Waals surface area contributed by atoms with Crippen LogP contribution in [0.15, 0.2) is 48.9 Å². The van der Waals surface area contributed by atoms with Gasteiger partial charge in [-0.05, 0) is 57.9 Å². The van der Waals surface area contributed by atoms with Gasteiger partial charge in [-0.1, -0.05) is 0 Å². The second-order valence-electron chi connectivity index (χ2n) is 8.64. The highest BCUT2D eigenvalue weighted by Gasteiger charge is 2.28. The van der Waals surface area contributed by atoms with Crippen LogP contribution in [0.25, 0.3) is 11.1 Å². The van der Waals surface area contributed by atoms with Crippen molar-refractivity contribution >= 4 is 27.0 Å². The van der Waals surface area contributed by atoms with Crippen molar-refractivity contribution in [1.29, 1.82) is 0 Å². The van der Waals surface area contributed by atoms with Crippen molar-refractivity contribution < 1.29 is 22.0 Å². The van der Waals surface area contributed by atoms with Gasteiger partial charge in [-0.3, -0.25) is 9.36 Å². The lowest BCUT2D eigenvalue weighted by molar-refractivity contribution is -0.134. The quantitative estimate of drug-likeness (QED) is 0.496. The summed E-state index contributed by atoms with van der Waals surface area (Å²) in [5.41, 5.74) is 0.658. The highest BCUT2D eigenvalue weighted by Crippen LogP contribution is 2.24. The first-order valence-electron chi connectivity index (χ1n) is 11.1. The second kappa shape index (κ2) is 9.18. The van der Waals surface area contributed by atoms with E-state index in [0.717, 1.165) is 18.6 Å².